The summed E-state index contributed by atoms with van der Waals surface area (Å²) < 4.78 is 43.1. The molecule has 0 aromatic heterocycles. The van der Waals surface area contributed by atoms with E-state index in [1.165, 1.54) is 0 Å². The summed E-state index contributed by atoms with van der Waals surface area (Å²) in [7, 11) is 0. The molecule has 0 amide bonds. The molecule has 0 aliphatic carbocycles. The first-order valence-corrected chi connectivity index (χ1v) is 17.4. The Hall–Kier alpha value is -1.33. The molecule has 4 heterocycles. The first-order chi connectivity index (χ1) is 26.3. The third-order valence-corrected chi connectivity index (χ3v) is 9.79. The smallest absolute Gasteiger partial charge is 0.186 e. The number of carbonyl (C=O) groups excluding carboxylic acids is 1. The monoisotopic (exact) mass is 828 g/mol. The lowest BCUT2D eigenvalue weighted by Gasteiger charge is -2.44. The van der Waals surface area contributed by atoms with Gasteiger partial charge >= 0.3 is 0 Å². The number of aliphatic hydroxyl groups excluding tert-OH is 17. The zero-order valence-corrected chi connectivity index (χ0v) is 29.2. The van der Waals surface area contributed by atoms with Crippen molar-refractivity contribution in [1.82, 2.24) is 0 Å². The van der Waals surface area contributed by atoms with Crippen LogP contribution in [0.25, 0.3) is 0 Å². The molecule has 0 saturated carbocycles. The molecule has 0 radical (unpaired) electrons. The Labute approximate surface area is 316 Å². The summed E-state index contributed by atoms with van der Waals surface area (Å²) in [6, 6.07) is 0. The molecule has 24 atom stereocenters. The van der Waals surface area contributed by atoms with Crippen LogP contribution in [0.15, 0.2) is 0 Å². The Balaban J connectivity index is 1.32. The van der Waals surface area contributed by atoms with E-state index in [0.717, 1.165) is 0 Å². The fraction of sp³-hybridized carbons (Fsp3) is 0.967. The predicted molar refractivity (Wildman–Crippen MR) is 168 cm³/mol. The number of carbonyl (C=O) groups is 1. The Bertz CT molecular complexity index is 1190. The first-order valence-electron chi connectivity index (χ1n) is 17.4. The van der Waals surface area contributed by atoms with Crippen LogP contribution in [0.3, 0.4) is 0 Å². The summed E-state index contributed by atoms with van der Waals surface area (Å²) in [4.78, 5) is 10.6. The van der Waals surface area contributed by atoms with Crippen LogP contribution < -0.4 is 0 Å². The highest BCUT2D eigenvalue weighted by atomic mass is 16.8. The largest absolute Gasteiger partial charge is 0.394 e. The molecule has 328 valence electrons. The van der Waals surface area contributed by atoms with Crippen molar-refractivity contribution in [3.05, 3.63) is 0 Å². The van der Waals surface area contributed by atoms with Crippen LogP contribution in [0.5, 0.6) is 0 Å². The highest BCUT2D eigenvalue weighted by molar-refractivity contribution is 5.56. The van der Waals surface area contributed by atoms with Crippen molar-refractivity contribution in [3.63, 3.8) is 0 Å². The summed E-state index contributed by atoms with van der Waals surface area (Å²) >= 11 is 0. The fourth-order valence-corrected chi connectivity index (χ4v) is 6.15. The van der Waals surface area contributed by atoms with E-state index in [-0.39, 0.29) is 6.29 Å². The van der Waals surface area contributed by atoms with Gasteiger partial charge in [0.15, 0.2) is 31.4 Å². The second-order valence-electron chi connectivity index (χ2n) is 13.7. The zero-order valence-electron chi connectivity index (χ0n) is 29.2. The van der Waals surface area contributed by atoms with Gasteiger partial charge in [0.25, 0.3) is 0 Å². The average Bonchev–Trinajstić information content (AvgIpc) is 3.19. The standard InChI is InChI=1S/C30H52O26/c31-1-7(33)13(35)14(36)8(34)3-49-27-24(46)20(42)16(38)10(54-27)5-51-29-26(48)22(44)18(40)12(56-29)6-52-30-25(47)21(43)17(39)11(55-30)4-50-28-23(45)19(41)15(37)9(2-32)53-28/h1,7-30,32-48H,2-6H2/t7-,8+,9+,10+,11+,12+,13+,14+,15-,16-,17-,18-,19-,20-,21-,22-,23+,24+,25+,26+,27-,28-,29-,30-/m0/s1. The Morgan fingerprint density at radius 2 is 0.732 bits per heavy atom. The summed E-state index contributed by atoms with van der Waals surface area (Å²) in [5, 5.41) is 173. The predicted octanol–water partition coefficient (Wildman–Crippen LogP) is -12.1. The maximum Gasteiger partial charge on any atom is 0.186 e. The molecule has 56 heavy (non-hydrogen) atoms. The minimum absolute atomic E-state index is 0.0979. The molecule has 0 unspecified atom stereocenters. The third-order valence-electron chi connectivity index (χ3n) is 9.79. The van der Waals surface area contributed by atoms with Crippen molar-refractivity contribution in [2.75, 3.05) is 33.0 Å². The minimum Gasteiger partial charge on any atom is -0.394 e. The van der Waals surface area contributed by atoms with E-state index in [1.807, 2.05) is 0 Å². The van der Waals surface area contributed by atoms with Gasteiger partial charge in [-0.3, -0.25) is 0 Å². The quantitative estimate of drug-likeness (QED) is 0.0605. The van der Waals surface area contributed by atoms with E-state index in [4.69, 9.17) is 37.9 Å². The lowest BCUT2D eigenvalue weighted by atomic mass is 9.98. The molecular formula is C30H52O26. The molecule has 0 bridgehead atoms. The van der Waals surface area contributed by atoms with Crippen LogP contribution in [0, 0.1) is 0 Å². The molecule has 4 aliphatic rings. The van der Waals surface area contributed by atoms with Crippen molar-refractivity contribution in [3.8, 4) is 0 Å². The Kier molecular flexibility index (Phi) is 17.6. The molecule has 0 aromatic rings. The number of aliphatic hydroxyl groups is 17. The highest BCUT2D eigenvalue weighted by Gasteiger charge is 2.51. The van der Waals surface area contributed by atoms with Gasteiger partial charge in [0.05, 0.1) is 33.0 Å². The maximum atomic E-state index is 10.6. The van der Waals surface area contributed by atoms with Crippen molar-refractivity contribution >= 4 is 6.29 Å². The molecule has 26 heteroatoms. The third kappa shape index (κ3) is 10.7. The van der Waals surface area contributed by atoms with E-state index in [0.29, 0.717) is 0 Å². The minimum atomic E-state index is -2.12. The van der Waals surface area contributed by atoms with E-state index in [1.54, 1.807) is 0 Å². The van der Waals surface area contributed by atoms with E-state index in [9.17, 15) is 91.6 Å². The second kappa shape index (κ2) is 20.8. The van der Waals surface area contributed by atoms with Gasteiger partial charge in [0.1, 0.15) is 122 Å². The number of rotatable bonds is 17. The molecule has 0 aromatic carbocycles. The van der Waals surface area contributed by atoms with E-state index < -0.39 is 180 Å². The van der Waals surface area contributed by atoms with Gasteiger partial charge in [-0.25, -0.2) is 0 Å². The first kappa shape index (κ1) is 47.3. The molecule has 17 N–H and O–H groups in total. The van der Waals surface area contributed by atoms with Gasteiger partial charge in [-0.1, -0.05) is 0 Å². The van der Waals surface area contributed by atoms with Crippen molar-refractivity contribution in [2.45, 2.75) is 147 Å². The number of aldehydes is 1. The van der Waals surface area contributed by atoms with Gasteiger partial charge in [-0.15, -0.1) is 0 Å². The molecule has 0 spiro atoms. The van der Waals surface area contributed by atoms with Gasteiger partial charge in [-0.2, -0.15) is 0 Å². The molecular weight excluding hydrogens is 776 g/mol. The number of ether oxygens (including phenoxy) is 8. The van der Waals surface area contributed by atoms with Crippen LogP contribution in [0.4, 0.5) is 0 Å². The summed E-state index contributed by atoms with van der Waals surface area (Å²) in [6.07, 6.45) is -44.1. The van der Waals surface area contributed by atoms with Crippen LogP contribution in [0.2, 0.25) is 0 Å². The van der Waals surface area contributed by atoms with Crippen molar-refractivity contribution < 1.29 is 130 Å². The molecule has 26 nitrogen and oxygen atoms in total. The number of hydrogen-bond donors (Lipinski definition) is 17. The highest BCUT2D eigenvalue weighted by Crippen LogP contribution is 2.29. The lowest BCUT2D eigenvalue weighted by molar-refractivity contribution is -0.348. The van der Waals surface area contributed by atoms with Gasteiger partial charge in [0, 0.05) is 0 Å². The van der Waals surface area contributed by atoms with Gasteiger partial charge in [0.2, 0.25) is 0 Å². The number of hydrogen-bond acceptors (Lipinski definition) is 26. The molecule has 4 aliphatic heterocycles. The maximum absolute atomic E-state index is 10.6. The molecule has 4 fully saturated rings. The van der Waals surface area contributed by atoms with Crippen LogP contribution in [0.1, 0.15) is 0 Å². The normalized spacial score (nSPS) is 47.2. The van der Waals surface area contributed by atoms with E-state index in [2.05, 4.69) is 0 Å². The van der Waals surface area contributed by atoms with E-state index >= 15 is 0 Å². The average molecular weight is 829 g/mol. The van der Waals surface area contributed by atoms with Gasteiger partial charge in [-0.05, 0) is 0 Å². The topological polar surface area (TPSA) is 435 Å². The molecule has 4 saturated heterocycles. The Morgan fingerprint density at radius 1 is 0.429 bits per heavy atom. The summed E-state index contributed by atoms with van der Waals surface area (Å²) in [5.41, 5.74) is 0. The Morgan fingerprint density at radius 3 is 1.05 bits per heavy atom. The van der Waals surface area contributed by atoms with Crippen LogP contribution in [-0.2, 0) is 42.7 Å². The molecule has 4 rings (SSSR count). The SMILES string of the molecule is O=C[C@H](O)[C@@H](O)[C@H](O)[C@H](O)CO[C@H]1O[C@H](CO[C@H]2O[C@H](CO[C@H]3O[C@H](CO[C@H]4O[C@H](CO)[C@H](O)[C@H](O)[C@H]4O)[C@H](O)[C@H](O)[C@H]3O)[C@H](O)[C@H](O)[C@H]2O)[C@H](O)[C@H](O)[C@H]1O. The fourth-order valence-electron chi connectivity index (χ4n) is 6.15. The van der Waals surface area contributed by atoms with Crippen molar-refractivity contribution in [1.29, 1.82) is 0 Å². The zero-order chi connectivity index (χ0) is 41.8. The van der Waals surface area contributed by atoms with Crippen molar-refractivity contribution in [2.24, 2.45) is 0 Å². The summed E-state index contributed by atoms with van der Waals surface area (Å²) in [6.45, 7) is -3.88. The van der Waals surface area contributed by atoms with Crippen LogP contribution in [-0.4, -0.2) is 273 Å². The second-order valence-corrected chi connectivity index (χ2v) is 13.7. The van der Waals surface area contributed by atoms with Crippen LogP contribution >= 0.6 is 0 Å². The lowest BCUT2D eigenvalue weighted by Crippen LogP contribution is -2.63. The van der Waals surface area contributed by atoms with Gasteiger partial charge < -0.3 is 130 Å². The summed E-state index contributed by atoms with van der Waals surface area (Å²) in [5.74, 6) is 0.